The molecule has 1 saturated carbocycles. The second-order valence-corrected chi connectivity index (χ2v) is 5.54. The lowest BCUT2D eigenvalue weighted by Crippen LogP contribution is -2.12. The zero-order valence-corrected chi connectivity index (χ0v) is 11.0. The van der Waals surface area contributed by atoms with Crippen molar-refractivity contribution in [3.63, 3.8) is 0 Å². The van der Waals surface area contributed by atoms with Crippen LogP contribution in [0.15, 0.2) is 18.2 Å². The van der Waals surface area contributed by atoms with Gasteiger partial charge in [0.1, 0.15) is 5.75 Å². The number of carbonyl (C=O) groups excluding carboxylic acids is 1. The molecule has 1 aliphatic carbocycles. The maximum absolute atomic E-state index is 12.2. The van der Waals surface area contributed by atoms with Crippen molar-refractivity contribution in [2.75, 3.05) is 0 Å². The maximum atomic E-state index is 12.2. The SMILES string of the molecule is Cc1cc(C(=O)C2(C)CC2)ccc1OC(C)C. The molecule has 1 aliphatic rings. The third-order valence-corrected chi connectivity index (χ3v) is 3.35. The summed E-state index contributed by atoms with van der Waals surface area (Å²) in [7, 11) is 0. The molecule has 2 nitrogen and oxygen atoms in total. The number of Topliss-reactive ketones (excluding diaryl/α,β-unsaturated/α-hetero) is 1. The standard InChI is InChI=1S/C15H20O2/c1-10(2)17-13-6-5-12(9-11(13)3)14(16)15(4)7-8-15/h5-6,9-10H,7-8H2,1-4H3. The Balaban J connectivity index is 2.21. The van der Waals surface area contributed by atoms with Crippen molar-refractivity contribution in [3.8, 4) is 5.75 Å². The highest BCUT2D eigenvalue weighted by atomic mass is 16.5. The minimum atomic E-state index is -0.0904. The minimum absolute atomic E-state index is 0.0904. The molecule has 17 heavy (non-hydrogen) atoms. The van der Waals surface area contributed by atoms with Crippen molar-refractivity contribution < 1.29 is 9.53 Å². The molecule has 0 aromatic heterocycles. The van der Waals surface area contributed by atoms with Gasteiger partial charge in [0.25, 0.3) is 0 Å². The van der Waals surface area contributed by atoms with Gasteiger partial charge in [-0.15, -0.1) is 0 Å². The number of hydrogen-bond donors (Lipinski definition) is 0. The van der Waals surface area contributed by atoms with Crippen LogP contribution in [0.2, 0.25) is 0 Å². The van der Waals surface area contributed by atoms with E-state index < -0.39 is 0 Å². The van der Waals surface area contributed by atoms with E-state index in [1.807, 2.05) is 45.9 Å². The molecule has 2 heteroatoms. The molecule has 1 aromatic carbocycles. The topological polar surface area (TPSA) is 26.3 Å². The predicted molar refractivity (Wildman–Crippen MR) is 68.6 cm³/mol. The Bertz CT molecular complexity index is 442. The van der Waals surface area contributed by atoms with Crippen molar-refractivity contribution >= 4 is 5.78 Å². The number of aryl methyl sites for hydroxylation is 1. The molecule has 0 aliphatic heterocycles. The molecule has 0 atom stereocenters. The van der Waals surface area contributed by atoms with Crippen LogP contribution in [0.4, 0.5) is 0 Å². The van der Waals surface area contributed by atoms with Crippen molar-refractivity contribution in [2.24, 2.45) is 5.41 Å². The van der Waals surface area contributed by atoms with Crippen LogP contribution < -0.4 is 4.74 Å². The Hall–Kier alpha value is -1.31. The van der Waals surface area contributed by atoms with Gasteiger partial charge < -0.3 is 4.74 Å². The van der Waals surface area contributed by atoms with Crippen LogP contribution in [0.25, 0.3) is 0 Å². The first kappa shape index (κ1) is 12.2. The smallest absolute Gasteiger partial charge is 0.168 e. The zero-order valence-electron chi connectivity index (χ0n) is 11.0. The van der Waals surface area contributed by atoms with Gasteiger partial charge in [-0.3, -0.25) is 4.79 Å². The maximum Gasteiger partial charge on any atom is 0.168 e. The molecule has 0 N–H and O–H groups in total. The first-order chi connectivity index (χ1) is 7.92. The molecule has 0 heterocycles. The van der Waals surface area contributed by atoms with Crippen LogP contribution in [-0.4, -0.2) is 11.9 Å². The fourth-order valence-electron chi connectivity index (χ4n) is 1.94. The van der Waals surface area contributed by atoms with E-state index in [0.717, 1.165) is 29.7 Å². The predicted octanol–water partition coefficient (Wildman–Crippen LogP) is 3.77. The Morgan fingerprint density at radius 2 is 2.00 bits per heavy atom. The fraction of sp³-hybridized carbons (Fsp3) is 0.533. The van der Waals surface area contributed by atoms with Crippen molar-refractivity contribution in [1.29, 1.82) is 0 Å². The highest BCUT2D eigenvalue weighted by Gasteiger charge is 2.44. The van der Waals surface area contributed by atoms with E-state index in [9.17, 15) is 4.79 Å². The van der Waals surface area contributed by atoms with Gasteiger partial charge in [0, 0.05) is 11.0 Å². The molecule has 0 bridgehead atoms. The van der Waals surface area contributed by atoms with E-state index in [2.05, 4.69) is 0 Å². The van der Waals surface area contributed by atoms with Gasteiger partial charge in [-0.2, -0.15) is 0 Å². The summed E-state index contributed by atoms with van der Waals surface area (Å²) in [5.74, 6) is 1.15. The first-order valence-corrected chi connectivity index (χ1v) is 6.24. The molecule has 0 amide bonds. The molecular weight excluding hydrogens is 212 g/mol. The van der Waals surface area contributed by atoms with Crippen molar-refractivity contribution in [3.05, 3.63) is 29.3 Å². The highest BCUT2D eigenvalue weighted by molar-refractivity contribution is 6.02. The highest BCUT2D eigenvalue weighted by Crippen LogP contribution is 2.47. The molecule has 92 valence electrons. The van der Waals surface area contributed by atoms with Crippen LogP contribution in [0.1, 0.15) is 49.5 Å². The largest absolute Gasteiger partial charge is 0.491 e. The summed E-state index contributed by atoms with van der Waals surface area (Å²) in [5.41, 5.74) is 1.76. The van der Waals surface area contributed by atoms with Gasteiger partial charge >= 0.3 is 0 Å². The van der Waals surface area contributed by atoms with E-state index in [1.54, 1.807) is 0 Å². The molecule has 0 unspecified atom stereocenters. The Labute approximate surface area is 103 Å². The minimum Gasteiger partial charge on any atom is -0.491 e. The summed E-state index contributed by atoms with van der Waals surface area (Å²) in [6.07, 6.45) is 2.21. The van der Waals surface area contributed by atoms with Crippen LogP contribution in [0.3, 0.4) is 0 Å². The molecule has 1 aromatic rings. The molecule has 1 fully saturated rings. The number of ether oxygens (including phenoxy) is 1. The summed E-state index contributed by atoms with van der Waals surface area (Å²) < 4.78 is 5.67. The summed E-state index contributed by atoms with van der Waals surface area (Å²) in [6, 6.07) is 5.74. The molecular formula is C15H20O2. The van der Waals surface area contributed by atoms with Gasteiger partial charge in [-0.05, 0) is 57.4 Å². The molecule has 0 saturated heterocycles. The summed E-state index contributed by atoms with van der Waals surface area (Å²) in [4.78, 5) is 12.2. The number of benzene rings is 1. The van der Waals surface area contributed by atoms with Crippen LogP contribution in [-0.2, 0) is 0 Å². The van der Waals surface area contributed by atoms with E-state index in [-0.39, 0.29) is 17.3 Å². The monoisotopic (exact) mass is 232 g/mol. The number of rotatable bonds is 4. The number of hydrogen-bond acceptors (Lipinski definition) is 2. The van der Waals surface area contributed by atoms with Gasteiger partial charge in [0.05, 0.1) is 6.10 Å². The first-order valence-electron chi connectivity index (χ1n) is 6.24. The molecule has 0 spiro atoms. The summed E-state index contributed by atoms with van der Waals surface area (Å²) in [5, 5.41) is 0. The quantitative estimate of drug-likeness (QED) is 0.739. The van der Waals surface area contributed by atoms with Gasteiger partial charge in [-0.25, -0.2) is 0 Å². The third-order valence-electron chi connectivity index (χ3n) is 3.35. The van der Waals surface area contributed by atoms with Crippen LogP contribution in [0.5, 0.6) is 5.75 Å². The average molecular weight is 232 g/mol. The Morgan fingerprint density at radius 3 is 2.47 bits per heavy atom. The van der Waals surface area contributed by atoms with Gasteiger partial charge in [0.15, 0.2) is 5.78 Å². The second kappa shape index (κ2) is 4.17. The average Bonchev–Trinajstić information content (AvgIpc) is 2.99. The molecule has 2 rings (SSSR count). The van der Waals surface area contributed by atoms with Crippen molar-refractivity contribution in [1.82, 2.24) is 0 Å². The van der Waals surface area contributed by atoms with E-state index in [0.29, 0.717) is 0 Å². The lowest BCUT2D eigenvalue weighted by Gasteiger charge is -2.14. The third kappa shape index (κ3) is 2.51. The second-order valence-electron chi connectivity index (χ2n) is 5.54. The zero-order chi connectivity index (χ0) is 12.6. The molecule has 0 radical (unpaired) electrons. The van der Waals surface area contributed by atoms with Gasteiger partial charge in [0.2, 0.25) is 0 Å². The lowest BCUT2D eigenvalue weighted by molar-refractivity contribution is 0.0912. The normalized spacial score (nSPS) is 17.0. The fourth-order valence-corrected chi connectivity index (χ4v) is 1.94. The number of ketones is 1. The summed E-state index contributed by atoms with van der Waals surface area (Å²) in [6.45, 7) is 8.04. The van der Waals surface area contributed by atoms with Crippen LogP contribution >= 0.6 is 0 Å². The van der Waals surface area contributed by atoms with Gasteiger partial charge in [-0.1, -0.05) is 6.92 Å². The van der Waals surface area contributed by atoms with Crippen molar-refractivity contribution in [2.45, 2.75) is 46.6 Å². The Kier molecular flexibility index (Phi) is 2.98. The Morgan fingerprint density at radius 1 is 1.35 bits per heavy atom. The van der Waals surface area contributed by atoms with E-state index in [1.165, 1.54) is 0 Å². The van der Waals surface area contributed by atoms with E-state index in [4.69, 9.17) is 4.74 Å². The van der Waals surface area contributed by atoms with Crippen LogP contribution in [0, 0.1) is 12.3 Å². The number of carbonyl (C=O) groups is 1. The van der Waals surface area contributed by atoms with E-state index >= 15 is 0 Å². The lowest BCUT2D eigenvalue weighted by atomic mass is 9.95. The summed E-state index contributed by atoms with van der Waals surface area (Å²) >= 11 is 0.